The van der Waals surface area contributed by atoms with Crippen molar-refractivity contribution in [3.05, 3.63) is 83.4 Å². The Kier molecular flexibility index (Phi) is 8.50. The predicted octanol–water partition coefficient (Wildman–Crippen LogP) is 3.46. The van der Waals surface area contributed by atoms with Crippen molar-refractivity contribution in [1.29, 1.82) is 0 Å². The average molecular weight is 516 g/mol. The second-order valence-corrected chi connectivity index (χ2v) is 10.6. The highest BCUT2D eigenvalue weighted by atomic mass is 32.2. The molecule has 0 bridgehead atoms. The largest absolute Gasteiger partial charge is 0.383 e. The van der Waals surface area contributed by atoms with Gasteiger partial charge in [-0.15, -0.1) is 0 Å². The van der Waals surface area contributed by atoms with Crippen LogP contribution in [0, 0.1) is 5.82 Å². The summed E-state index contributed by atoms with van der Waals surface area (Å²) < 4.78 is 53.6. The molecule has 0 saturated carbocycles. The van der Waals surface area contributed by atoms with Crippen LogP contribution in [0.25, 0.3) is 0 Å². The van der Waals surface area contributed by atoms with Crippen molar-refractivity contribution in [2.75, 3.05) is 26.9 Å². The molecule has 36 heavy (non-hydrogen) atoms. The summed E-state index contributed by atoms with van der Waals surface area (Å²) in [6, 6.07) is 14.7. The minimum Gasteiger partial charge on any atom is -0.383 e. The van der Waals surface area contributed by atoms with E-state index in [2.05, 4.69) is 4.98 Å². The molecule has 0 spiro atoms. The number of imidazole rings is 1. The second kappa shape index (κ2) is 11.8. The zero-order valence-electron chi connectivity index (χ0n) is 20.2. The number of rotatable bonds is 11. The summed E-state index contributed by atoms with van der Waals surface area (Å²) >= 11 is 0. The maximum absolute atomic E-state index is 14.2. The molecule has 1 fully saturated rings. The molecule has 0 N–H and O–H groups in total. The molecule has 1 unspecified atom stereocenters. The van der Waals surface area contributed by atoms with Crippen LogP contribution >= 0.6 is 0 Å². The quantitative estimate of drug-likeness (QED) is 0.389. The fraction of sp³-hybridized carbons (Fsp3) is 0.385. The number of ether oxygens (including phenoxy) is 2. The van der Waals surface area contributed by atoms with E-state index in [0.29, 0.717) is 31.0 Å². The molecule has 1 aliphatic heterocycles. The lowest BCUT2D eigenvalue weighted by Crippen LogP contribution is -2.34. The van der Waals surface area contributed by atoms with Gasteiger partial charge >= 0.3 is 0 Å². The van der Waals surface area contributed by atoms with E-state index in [9.17, 15) is 17.6 Å². The van der Waals surface area contributed by atoms with Crippen molar-refractivity contribution in [2.45, 2.75) is 42.9 Å². The van der Waals surface area contributed by atoms with Gasteiger partial charge in [0.2, 0.25) is 15.0 Å². The van der Waals surface area contributed by atoms with Crippen LogP contribution in [0.3, 0.4) is 0 Å². The summed E-state index contributed by atoms with van der Waals surface area (Å²) in [7, 11) is -2.43. The van der Waals surface area contributed by atoms with Crippen LogP contribution in [0.2, 0.25) is 0 Å². The number of aromatic nitrogens is 2. The molecule has 3 aromatic rings. The molecule has 8 nitrogen and oxygen atoms in total. The molecule has 192 valence electrons. The standard InChI is InChI=1S/C26H30FN3O5S/c1-34-15-13-29(25(31)20-8-3-2-4-9-20)17-22-16-28-26(30(22)18-23-11-7-14-35-23)36(32,33)19-21-10-5-6-12-24(21)27/h2-6,8-10,12,16,23H,7,11,13-15,17-19H2,1H3. The van der Waals surface area contributed by atoms with Crippen LogP contribution in [0.1, 0.15) is 34.5 Å². The van der Waals surface area contributed by atoms with Gasteiger partial charge in [-0.25, -0.2) is 17.8 Å². The molecule has 1 aliphatic rings. The fourth-order valence-corrected chi connectivity index (χ4v) is 5.76. The summed E-state index contributed by atoms with van der Waals surface area (Å²) in [5.41, 5.74) is 1.15. The number of carbonyl (C=O) groups is 1. The van der Waals surface area contributed by atoms with Crippen LogP contribution in [-0.4, -0.2) is 61.7 Å². The van der Waals surface area contributed by atoms with Crippen molar-refractivity contribution in [3.63, 3.8) is 0 Å². The number of hydrogen-bond acceptors (Lipinski definition) is 6. The van der Waals surface area contributed by atoms with Crippen molar-refractivity contribution in [1.82, 2.24) is 14.5 Å². The van der Waals surface area contributed by atoms with E-state index in [-0.39, 0.29) is 35.8 Å². The molecule has 0 aliphatic carbocycles. The molecule has 2 heterocycles. The van der Waals surface area contributed by atoms with Gasteiger partial charge in [-0.3, -0.25) is 4.79 Å². The second-order valence-electron chi connectivity index (χ2n) is 8.71. The van der Waals surface area contributed by atoms with Gasteiger partial charge in [-0.05, 0) is 31.0 Å². The van der Waals surface area contributed by atoms with Gasteiger partial charge in [0.15, 0.2) is 0 Å². The third-order valence-electron chi connectivity index (χ3n) is 6.12. The number of benzene rings is 2. The number of sulfone groups is 1. The van der Waals surface area contributed by atoms with Crippen LogP contribution in [-0.2, 0) is 38.2 Å². The van der Waals surface area contributed by atoms with Gasteiger partial charge in [-0.2, -0.15) is 0 Å². The third kappa shape index (κ3) is 6.18. The lowest BCUT2D eigenvalue weighted by Gasteiger charge is -2.24. The summed E-state index contributed by atoms with van der Waals surface area (Å²) in [5, 5.41) is -0.157. The molecule has 1 aromatic heterocycles. The van der Waals surface area contributed by atoms with E-state index in [1.807, 2.05) is 6.07 Å². The van der Waals surface area contributed by atoms with Crippen LogP contribution in [0.15, 0.2) is 66.0 Å². The van der Waals surface area contributed by atoms with E-state index < -0.39 is 21.4 Å². The molecule has 2 aromatic carbocycles. The first-order valence-electron chi connectivity index (χ1n) is 11.8. The number of methoxy groups -OCH3 is 1. The topological polar surface area (TPSA) is 90.7 Å². The number of halogens is 1. The SMILES string of the molecule is COCCN(Cc1cnc(S(=O)(=O)Cc2ccccc2F)n1CC1CCCO1)C(=O)c1ccccc1. The highest BCUT2D eigenvalue weighted by Gasteiger charge is 2.29. The molecule has 0 radical (unpaired) electrons. The fourth-order valence-electron chi connectivity index (χ4n) is 4.25. The Hall–Kier alpha value is -3.08. The smallest absolute Gasteiger partial charge is 0.254 e. The van der Waals surface area contributed by atoms with Crippen molar-refractivity contribution < 1.29 is 27.1 Å². The highest BCUT2D eigenvalue weighted by Crippen LogP contribution is 2.23. The Morgan fingerprint density at radius 1 is 1.19 bits per heavy atom. The van der Waals surface area contributed by atoms with Crippen molar-refractivity contribution in [2.24, 2.45) is 0 Å². The minimum absolute atomic E-state index is 0.0756. The van der Waals surface area contributed by atoms with E-state index >= 15 is 0 Å². The molecular weight excluding hydrogens is 485 g/mol. The summed E-state index contributed by atoms with van der Waals surface area (Å²) in [4.78, 5) is 19.1. The highest BCUT2D eigenvalue weighted by molar-refractivity contribution is 7.90. The Balaban J connectivity index is 1.67. The van der Waals surface area contributed by atoms with Gasteiger partial charge in [0.1, 0.15) is 5.82 Å². The van der Waals surface area contributed by atoms with E-state index in [0.717, 1.165) is 12.8 Å². The Morgan fingerprint density at radius 3 is 2.64 bits per heavy atom. The van der Waals surface area contributed by atoms with E-state index in [4.69, 9.17) is 9.47 Å². The molecule has 1 amide bonds. The van der Waals surface area contributed by atoms with Gasteiger partial charge in [0.25, 0.3) is 5.91 Å². The molecule has 10 heteroatoms. The van der Waals surface area contributed by atoms with Gasteiger partial charge in [0.05, 0.1) is 43.4 Å². The molecule has 4 rings (SSSR count). The number of carbonyl (C=O) groups excluding carboxylic acids is 1. The molecule has 1 atom stereocenters. The Bertz CT molecular complexity index is 1270. The van der Waals surface area contributed by atoms with Gasteiger partial charge < -0.3 is 18.9 Å². The lowest BCUT2D eigenvalue weighted by molar-refractivity contribution is 0.0668. The maximum atomic E-state index is 14.2. The molecular formula is C26H30FN3O5S. The van der Waals surface area contributed by atoms with Crippen LogP contribution in [0.5, 0.6) is 0 Å². The first kappa shape index (κ1) is 26.0. The van der Waals surface area contributed by atoms with Gasteiger partial charge in [-0.1, -0.05) is 36.4 Å². The number of nitrogens with zero attached hydrogens (tertiary/aromatic N) is 3. The first-order chi connectivity index (χ1) is 17.4. The van der Waals surface area contributed by atoms with E-state index in [1.165, 1.54) is 24.4 Å². The summed E-state index contributed by atoms with van der Waals surface area (Å²) in [6.07, 6.45) is 2.98. The monoisotopic (exact) mass is 515 g/mol. The normalized spacial score (nSPS) is 15.8. The Morgan fingerprint density at radius 2 is 1.94 bits per heavy atom. The van der Waals surface area contributed by atoms with Crippen molar-refractivity contribution >= 4 is 15.7 Å². The number of hydrogen-bond donors (Lipinski definition) is 0. The predicted molar refractivity (Wildman–Crippen MR) is 132 cm³/mol. The summed E-state index contributed by atoms with van der Waals surface area (Å²) in [5.74, 6) is -1.30. The first-order valence-corrected chi connectivity index (χ1v) is 13.5. The van der Waals surface area contributed by atoms with E-state index in [1.54, 1.807) is 46.9 Å². The van der Waals surface area contributed by atoms with Crippen molar-refractivity contribution in [3.8, 4) is 0 Å². The number of amides is 1. The van der Waals surface area contributed by atoms with Gasteiger partial charge in [0, 0.05) is 31.4 Å². The lowest BCUT2D eigenvalue weighted by atomic mass is 10.2. The minimum atomic E-state index is -3.98. The van der Waals surface area contributed by atoms with Crippen LogP contribution in [0.4, 0.5) is 4.39 Å². The third-order valence-corrected chi connectivity index (χ3v) is 7.69. The Labute approximate surface area is 210 Å². The molecule has 1 saturated heterocycles. The summed E-state index contributed by atoms with van der Waals surface area (Å²) in [6.45, 7) is 1.65. The average Bonchev–Trinajstić information content (AvgIpc) is 3.54. The zero-order valence-corrected chi connectivity index (χ0v) is 21.0. The zero-order chi connectivity index (χ0) is 25.5. The van der Waals surface area contributed by atoms with Crippen LogP contribution < -0.4 is 0 Å². The maximum Gasteiger partial charge on any atom is 0.254 e.